The Morgan fingerprint density at radius 3 is 2.58 bits per heavy atom. The number of hydrazine groups is 1. The van der Waals surface area contributed by atoms with Crippen molar-refractivity contribution in [3.8, 4) is 0 Å². The number of nitrogens with zero attached hydrogens (tertiary/aromatic N) is 3. The Morgan fingerprint density at radius 2 is 1.96 bits per heavy atom. The van der Waals surface area contributed by atoms with Crippen molar-refractivity contribution >= 4 is 6.21 Å². The van der Waals surface area contributed by atoms with E-state index in [1.807, 2.05) is 6.21 Å². The van der Waals surface area contributed by atoms with E-state index in [1.165, 1.54) is 0 Å². The summed E-state index contributed by atoms with van der Waals surface area (Å²) >= 11 is 0. The molecule has 4 nitrogen and oxygen atoms in total. The van der Waals surface area contributed by atoms with E-state index in [-0.39, 0.29) is 17.6 Å². The maximum absolute atomic E-state index is 13.4. The molecule has 3 aliphatic rings. The summed E-state index contributed by atoms with van der Waals surface area (Å²) in [6, 6.07) is -1.18. The molecule has 0 aromatic heterocycles. The highest BCUT2D eigenvalue weighted by Gasteiger charge is 2.52. The van der Waals surface area contributed by atoms with Gasteiger partial charge in [-0.15, -0.1) is 0 Å². The first-order valence-electron chi connectivity index (χ1n) is 8.89. The minimum absolute atomic E-state index is 0.0402. The quantitative estimate of drug-likeness (QED) is 0.834. The van der Waals surface area contributed by atoms with Gasteiger partial charge in [-0.2, -0.15) is 13.2 Å². The first-order chi connectivity index (χ1) is 11.1. The molecule has 0 aliphatic carbocycles. The molecule has 0 aromatic rings. The van der Waals surface area contributed by atoms with Crippen LogP contribution in [0.3, 0.4) is 0 Å². The zero-order chi connectivity index (χ0) is 17.7. The zero-order valence-corrected chi connectivity index (χ0v) is 15.0. The van der Waals surface area contributed by atoms with Gasteiger partial charge in [0.25, 0.3) is 0 Å². The van der Waals surface area contributed by atoms with Crippen LogP contribution in [0.2, 0.25) is 0 Å². The molecule has 0 amide bonds. The molecule has 2 saturated heterocycles. The highest BCUT2D eigenvalue weighted by atomic mass is 19.4. The number of aliphatic imine (C=N–C) groups is 1. The summed E-state index contributed by atoms with van der Waals surface area (Å²) in [5.41, 5.74) is 2.63. The van der Waals surface area contributed by atoms with E-state index in [4.69, 9.17) is 0 Å². The lowest BCUT2D eigenvalue weighted by molar-refractivity contribution is -0.165. The first kappa shape index (κ1) is 18.1. The molecule has 7 heteroatoms. The lowest BCUT2D eigenvalue weighted by Gasteiger charge is -2.39. The van der Waals surface area contributed by atoms with Gasteiger partial charge in [0.15, 0.2) is 0 Å². The minimum Gasteiger partial charge on any atom is -0.278 e. The number of likely N-dealkylation sites (tertiary alicyclic amines) is 1. The standard InChI is InChI=1S/C17H29F3N4/c1-16(2,3)13-8-11-6-5-7-21-15(11)24(13)10-12-9-23(4)22-14(12)17(18,19)20/h7,11-15,22H,5-6,8-10H2,1-4H3. The molecule has 0 spiro atoms. The summed E-state index contributed by atoms with van der Waals surface area (Å²) in [6.45, 7) is 7.42. The Labute approximate surface area is 142 Å². The van der Waals surface area contributed by atoms with E-state index in [1.54, 1.807) is 12.1 Å². The van der Waals surface area contributed by atoms with Gasteiger partial charge in [0.1, 0.15) is 12.2 Å². The van der Waals surface area contributed by atoms with Gasteiger partial charge in [-0.3, -0.25) is 9.89 Å². The second-order valence-corrected chi connectivity index (χ2v) is 8.69. The van der Waals surface area contributed by atoms with Crippen LogP contribution in [-0.4, -0.2) is 60.7 Å². The predicted octanol–water partition coefficient (Wildman–Crippen LogP) is 2.91. The molecule has 5 atom stereocenters. The average molecular weight is 346 g/mol. The van der Waals surface area contributed by atoms with Crippen LogP contribution in [0, 0.1) is 17.3 Å². The summed E-state index contributed by atoms with van der Waals surface area (Å²) in [7, 11) is 1.69. The summed E-state index contributed by atoms with van der Waals surface area (Å²) in [5, 5.41) is 1.58. The van der Waals surface area contributed by atoms with Gasteiger partial charge >= 0.3 is 6.18 Å². The van der Waals surface area contributed by atoms with Crippen LogP contribution in [-0.2, 0) is 0 Å². The van der Waals surface area contributed by atoms with E-state index in [0.29, 0.717) is 19.0 Å². The van der Waals surface area contributed by atoms with Crippen molar-refractivity contribution in [2.24, 2.45) is 22.2 Å². The van der Waals surface area contributed by atoms with Crippen molar-refractivity contribution in [3.05, 3.63) is 0 Å². The molecule has 0 saturated carbocycles. The van der Waals surface area contributed by atoms with E-state index in [2.05, 4.69) is 36.1 Å². The SMILES string of the molecule is CN1CC(CN2C3N=CCCC3CC2C(C)(C)C)C(C(F)(F)F)N1. The number of rotatable bonds is 2. The maximum Gasteiger partial charge on any atom is 0.405 e. The van der Waals surface area contributed by atoms with Crippen molar-refractivity contribution in [1.82, 2.24) is 15.3 Å². The number of alkyl halides is 3. The number of nitrogens with one attached hydrogen (secondary N) is 1. The molecule has 3 aliphatic heterocycles. The molecule has 0 radical (unpaired) electrons. The Balaban J connectivity index is 1.82. The zero-order valence-electron chi connectivity index (χ0n) is 15.0. The van der Waals surface area contributed by atoms with Crippen LogP contribution >= 0.6 is 0 Å². The van der Waals surface area contributed by atoms with Gasteiger partial charge in [-0.05, 0) is 30.6 Å². The minimum atomic E-state index is -4.22. The van der Waals surface area contributed by atoms with Gasteiger partial charge in [0.2, 0.25) is 0 Å². The Morgan fingerprint density at radius 1 is 1.25 bits per heavy atom. The highest BCUT2D eigenvalue weighted by Crippen LogP contribution is 2.44. The summed E-state index contributed by atoms with van der Waals surface area (Å²) in [4.78, 5) is 6.94. The molecule has 3 heterocycles. The molecule has 0 bridgehead atoms. The lowest BCUT2D eigenvalue weighted by Crippen LogP contribution is -2.51. The van der Waals surface area contributed by atoms with Crippen LogP contribution in [0.25, 0.3) is 0 Å². The molecular weight excluding hydrogens is 317 g/mol. The molecule has 5 unspecified atom stereocenters. The first-order valence-corrected chi connectivity index (χ1v) is 8.89. The molecule has 3 rings (SSSR count). The fourth-order valence-corrected chi connectivity index (χ4v) is 4.66. The Kier molecular flexibility index (Phi) is 4.73. The number of fused-ring (bicyclic) bond motifs is 1. The smallest absolute Gasteiger partial charge is 0.278 e. The predicted molar refractivity (Wildman–Crippen MR) is 88.7 cm³/mol. The number of hydrogen-bond donors (Lipinski definition) is 1. The molecular formula is C17H29F3N4. The van der Waals surface area contributed by atoms with Crippen molar-refractivity contribution in [1.29, 1.82) is 0 Å². The van der Waals surface area contributed by atoms with Crippen molar-refractivity contribution in [2.75, 3.05) is 20.1 Å². The summed E-state index contributed by atoms with van der Waals surface area (Å²) < 4.78 is 40.2. The largest absolute Gasteiger partial charge is 0.405 e. The van der Waals surface area contributed by atoms with Crippen LogP contribution in [0.5, 0.6) is 0 Å². The van der Waals surface area contributed by atoms with Gasteiger partial charge < -0.3 is 0 Å². The van der Waals surface area contributed by atoms with Gasteiger partial charge in [0.05, 0.1) is 0 Å². The Hall–Kier alpha value is -0.660. The van der Waals surface area contributed by atoms with Crippen LogP contribution in [0.1, 0.15) is 40.0 Å². The van der Waals surface area contributed by atoms with Crippen LogP contribution < -0.4 is 5.43 Å². The van der Waals surface area contributed by atoms with Gasteiger partial charge in [0, 0.05) is 38.3 Å². The highest BCUT2D eigenvalue weighted by molar-refractivity contribution is 5.58. The van der Waals surface area contributed by atoms with Crippen LogP contribution in [0.15, 0.2) is 4.99 Å². The summed E-state index contributed by atoms with van der Waals surface area (Å²) in [6.07, 6.45) is 0.926. The van der Waals surface area contributed by atoms with Crippen molar-refractivity contribution in [2.45, 2.75) is 64.5 Å². The molecule has 1 N–H and O–H groups in total. The third-order valence-corrected chi connectivity index (χ3v) is 5.75. The fourth-order valence-electron chi connectivity index (χ4n) is 4.66. The summed E-state index contributed by atoms with van der Waals surface area (Å²) in [5.74, 6) is 0.0198. The van der Waals surface area contributed by atoms with Gasteiger partial charge in [-0.1, -0.05) is 20.8 Å². The van der Waals surface area contributed by atoms with E-state index < -0.39 is 18.1 Å². The van der Waals surface area contributed by atoms with Gasteiger partial charge in [-0.25, -0.2) is 10.4 Å². The maximum atomic E-state index is 13.4. The molecule has 2 fully saturated rings. The fraction of sp³-hybridized carbons (Fsp3) is 0.941. The molecule has 138 valence electrons. The third-order valence-electron chi connectivity index (χ3n) is 5.75. The Bertz CT molecular complexity index is 485. The van der Waals surface area contributed by atoms with Crippen LogP contribution in [0.4, 0.5) is 13.2 Å². The van der Waals surface area contributed by atoms with Crippen molar-refractivity contribution < 1.29 is 13.2 Å². The number of hydrogen-bond acceptors (Lipinski definition) is 4. The normalized spacial score (nSPS) is 38.7. The second kappa shape index (κ2) is 6.25. The van der Waals surface area contributed by atoms with E-state index >= 15 is 0 Å². The lowest BCUT2D eigenvalue weighted by atomic mass is 9.82. The monoisotopic (exact) mass is 346 g/mol. The second-order valence-electron chi connectivity index (χ2n) is 8.69. The average Bonchev–Trinajstić information content (AvgIpc) is 3.00. The molecule has 0 aromatic carbocycles. The van der Waals surface area contributed by atoms with Crippen molar-refractivity contribution in [3.63, 3.8) is 0 Å². The van der Waals surface area contributed by atoms with E-state index in [9.17, 15) is 13.2 Å². The molecule has 24 heavy (non-hydrogen) atoms. The number of halogens is 3. The third kappa shape index (κ3) is 3.48. The van der Waals surface area contributed by atoms with E-state index in [0.717, 1.165) is 19.3 Å². The topological polar surface area (TPSA) is 30.9 Å².